The quantitative estimate of drug-likeness (QED) is 0.573. The highest BCUT2D eigenvalue weighted by atomic mass is 32.2. The number of halogens is 1. The van der Waals surface area contributed by atoms with E-state index in [0.29, 0.717) is 26.3 Å². The Labute approximate surface area is 194 Å². The van der Waals surface area contributed by atoms with Gasteiger partial charge in [0.25, 0.3) is 5.91 Å². The maximum atomic E-state index is 14.4. The van der Waals surface area contributed by atoms with Gasteiger partial charge in [-0.3, -0.25) is 9.69 Å². The zero-order valence-electron chi connectivity index (χ0n) is 19.0. The van der Waals surface area contributed by atoms with Crippen LogP contribution in [-0.2, 0) is 14.8 Å². The zero-order chi connectivity index (χ0) is 24.0. The molecule has 1 atom stereocenters. The highest BCUT2D eigenvalue weighted by Gasteiger charge is 2.25. The molecule has 1 amide bonds. The molecule has 1 fully saturated rings. The molecule has 2 aromatic rings. The van der Waals surface area contributed by atoms with Crippen molar-refractivity contribution in [2.24, 2.45) is 0 Å². The van der Waals surface area contributed by atoms with Crippen molar-refractivity contribution in [2.75, 3.05) is 40.0 Å². The summed E-state index contributed by atoms with van der Waals surface area (Å²) in [5, 5.41) is 2.78. The van der Waals surface area contributed by atoms with Crippen LogP contribution >= 0.6 is 0 Å². The van der Waals surface area contributed by atoms with Gasteiger partial charge < -0.3 is 14.8 Å². The number of carbonyl (C=O) groups is 1. The zero-order valence-corrected chi connectivity index (χ0v) is 19.8. The first-order valence-corrected chi connectivity index (χ1v) is 12.3. The van der Waals surface area contributed by atoms with E-state index in [1.165, 1.54) is 0 Å². The smallest absolute Gasteiger partial charge is 0.254 e. The second-order valence-electron chi connectivity index (χ2n) is 8.06. The first-order valence-electron chi connectivity index (χ1n) is 10.8. The second kappa shape index (κ2) is 11.1. The average molecular weight is 480 g/mol. The summed E-state index contributed by atoms with van der Waals surface area (Å²) in [6.07, 6.45) is 0. The van der Waals surface area contributed by atoms with E-state index >= 15 is 0 Å². The van der Waals surface area contributed by atoms with Crippen LogP contribution < -0.4 is 14.8 Å². The number of ether oxygens (including phenoxy) is 2. The van der Waals surface area contributed by atoms with E-state index in [2.05, 4.69) is 14.9 Å². The van der Waals surface area contributed by atoms with Crippen LogP contribution in [0.3, 0.4) is 0 Å². The second-order valence-corrected chi connectivity index (χ2v) is 9.78. The number of nitrogens with zero attached hydrogens (tertiary/aromatic N) is 1. The maximum Gasteiger partial charge on any atom is 0.254 e. The fourth-order valence-corrected chi connectivity index (χ4v) is 4.96. The molecule has 180 valence electrons. The van der Waals surface area contributed by atoms with Crippen molar-refractivity contribution in [3.8, 4) is 5.75 Å². The molecule has 0 saturated carbocycles. The third kappa shape index (κ3) is 6.50. The van der Waals surface area contributed by atoms with Crippen LogP contribution in [0.15, 0.2) is 47.4 Å². The lowest BCUT2D eigenvalue weighted by Gasteiger charge is -2.35. The van der Waals surface area contributed by atoms with Gasteiger partial charge in [-0.1, -0.05) is 12.1 Å². The van der Waals surface area contributed by atoms with Gasteiger partial charge in [0.05, 0.1) is 36.8 Å². The molecule has 0 radical (unpaired) electrons. The molecular formula is C23H30FN3O5S. The van der Waals surface area contributed by atoms with E-state index in [0.717, 1.165) is 29.5 Å². The first kappa shape index (κ1) is 25.1. The van der Waals surface area contributed by atoms with E-state index < -0.39 is 21.7 Å². The Kier molecular flexibility index (Phi) is 8.41. The molecule has 1 aliphatic rings. The van der Waals surface area contributed by atoms with Crippen molar-refractivity contribution in [1.29, 1.82) is 0 Å². The monoisotopic (exact) mass is 479 g/mol. The molecule has 8 nitrogen and oxygen atoms in total. The van der Waals surface area contributed by atoms with Crippen LogP contribution in [0.4, 0.5) is 4.39 Å². The predicted octanol–water partition coefficient (Wildman–Crippen LogP) is 2.32. The summed E-state index contributed by atoms with van der Waals surface area (Å²) in [7, 11) is -2.27. The van der Waals surface area contributed by atoms with Gasteiger partial charge in [-0.2, -0.15) is 0 Å². The van der Waals surface area contributed by atoms with Gasteiger partial charge in [-0.05, 0) is 49.7 Å². The van der Waals surface area contributed by atoms with Gasteiger partial charge in [0, 0.05) is 25.7 Å². The van der Waals surface area contributed by atoms with Gasteiger partial charge in [0.15, 0.2) is 0 Å². The topological polar surface area (TPSA) is 97.0 Å². The van der Waals surface area contributed by atoms with Gasteiger partial charge in [-0.25, -0.2) is 17.5 Å². The minimum absolute atomic E-state index is 0.164. The Bertz CT molecular complexity index is 1050. The Hall–Kier alpha value is -2.53. The Morgan fingerprint density at radius 1 is 1.15 bits per heavy atom. The molecule has 0 spiro atoms. The van der Waals surface area contributed by atoms with E-state index in [4.69, 9.17) is 9.47 Å². The molecule has 1 unspecified atom stereocenters. The number of nitrogens with one attached hydrogen (secondary N) is 2. The highest BCUT2D eigenvalue weighted by molar-refractivity contribution is 7.89. The van der Waals surface area contributed by atoms with Crippen LogP contribution in [0.25, 0.3) is 0 Å². The van der Waals surface area contributed by atoms with Gasteiger partial charge in [0.1, 0.15) is 11.6 Å². The van der Waals surface area contributed by atoms with E-state index in [9.17, 15) is 17.6 Å². The summed E-state index contributed by atoms with van der Waals surface area (Å²) in [6, 6.07) is 10.2. The molecule has 0 bridgehead atoms. The Morgan fingerprint density at radius 2 is 1.82 bits per heavy atom. The number of sulfonamides is 1. The van der Waals surface area contributed by atoms with Gasteiger partial charge in [0.2, 0.25) is 10.0 Å². The molecule has 1 aliphatic heterocycles. The van der Waals surface area contributed by atoms with E-state index in [1.54, 1.807) is 21.0 Å². The van der Waals surface area contributed by atoms with E-state index in [-0.39, 0.29) is 29.1 Å². The van der Waals surface area contributed by atoms with Crippen molar-refractivity contribution in [3.05, 3.63) is 59.4 Å². The lowest BCUT2D eigenvalue weighted by atomic mass is 10.0. The number of hydrogen-bond acceptors (Lipinski definition) is 6. The van der Waals surface area contributed by atoms with Crippen molar-refractivity contribution in [3.63, 3.8) is 0 Å². The fourth-order valence-electron chi connectivity index (χ4n) is 3.68. The number of carbonyl (C=O) groups excluding carboxylic acids is 1. The standard InChI is InChI=1S/C23H30FN3O5S/c1-16(2)26-33(29,30)19-8-9-21(24)20(14-19)23(28)25-15-22(27-10-12-32-13-11-27)17-4-6-18(31-3)7-5-17/h4-9,14,16,22,26H,10-13,15H2,1-3H3,(H,25,28). The molecular weight excluding hydrogens is 449 g/mol. The summed E-state index contributed by atoms with van der Waals surface area (Å²) in [4.78, 5) is 14.9. The highest BCUT2D eigenvalue weighted by Crippen LogP contribution is 2.24. The number of benzene rings is 2. The van der Waals surface area contributed by atoms with Crippen molar-refractivity contribution >= 4 is 15.9 Å². The molecule has 0 aliphatic carbocycles. The van der Waals surface area contributed by atoms with Crippen LogP contribution in [0.2, 0.25) is 0 Å². The molecule has 2 aromatic carbocycles. The molecule has 1 heterocycles. The summed E-state index contributed by atoms with van der Waals surface area (Å²) in [6.45, 7) is 6.12. The lowest BCUT2D eigenvalue weighted by molar-refractivity contribution is 0.0162. The first-order chi connectivity index (χ1) is 15.7. The average Bonchev–Trinajstić information content (AvgIpc) is 2.79. The van der Waals surface area contributed by atoms with Crippen LogP contribution in [0.5, 0.6) is 5.75 Å². The molecule has 33 heavy (non-hydrogen) atoms. The van der Waals surface area contributed by atoms with Crippen LogP contribution in [-0.4, -0.2) is 65.2 Å². The number of rotatable bonds is 9. The van der Waals surface area contributed by atoms with Crippen molar-refractivity contribution < 1.29 is 27.1 Å². The fraction of sp³-hybridized carbons (Fsp3) is 0.435. The Balaban J connectivity index is 1.80. The summed E-state index contributed by atoms with van der Waals surface area (Å²) in [5.41, 5.74) is 0.646. The number of hydrogen-bond donors (Lipinski definition) is 2. The SMILES string of the molecule is COc1ccc(C(CNC(=O)c2cc(S(=O)(=O)NC(C)C)ccc2F)N2CCOCC2)cc1. The maximum absolute atomic E-state index is 14.4. The molecule has 10 heteroatoms. The van der Waals surface area contributed by atoms with Crippen molar-refractivity contribution in [2.45, 2.75) is 30.8 Å². The minimum atomic E-state index is -3.86. The molecule has 0 aromatic heterocycles. The number of amides is 1. The predicted molar refractivity (Wildman–Crippen MR) is 122 cm³/mol. The van der Waals surface area contributed by atoms with Crippen LogP contribution in [0.1, 0.15) is 35.8 Å². The normalized spacial score (nSPS) is 15.9. The van der Waals surface area contributed by atoms with Gasteiger partial charge in [-0.15, -0.1) is 0 Å². The molecule has 3 rings (SSSR count). The summed E-state index contributed by atoms with van der Waals surface area (Å²) >= 11 is 0. The number of morpholine rings is 1. The number of methoxy groups -OCH3 is 1. The third-order valence-corrected chi connectivity index (χ3v) is 6.98. The summed E-state index contributed by atoms with van der Waals surface area (Å²) < 4.78 is 52.4. The Morgan fingerprint density at radius 3 is 2.42 bits per heavy atom. The lowest BCUT2D eigenvalue weighted by Crippen LogP contribution is -2.44. The largest absolute Gasteiger partial charge is 0.497 e. The van der Waals surface area contributed by atoms with E-state index in [1.807, 2.05) is 24.3 Å². The van der Waals surface area contributed by atoms with Gasteiger partial charge >= 0.3 is 0 Å². The van der Waals surface area contributed by atoms with Crippen molar-refractivity contribution in [1.82, 2.24) is 14.9 Å². The minimum Gasteiger partial charge on any atom is -0.497 e. The summed E-state index contributed by atoms with van der Waals surface area (Å²) in [5.74, 6) is -0.747. The molecule has 1 saturated heterocycles. The van der Waals surface area contributed by atoms with Crippen LogP contribution in [0, 0.1) is 5.82 Å². The third-order valence-electron chi connectivity index (χ3n) is 5.33. The molecule has 2 N–H and O–H groups in total.